The normalized spacial score (nSPS) is 11.2. The highest BCUT2D eigenvalue weighted by molar-refractivity contribution is 5.76. The number of rotatable bonds is 6. The smallest absolute Gasteiger partial charge is 0.367 e. The van der Waals surface area contributed by atoms with Gasteiger partial charge in [-0.3, -0.25) is 4.79 Å². The third kappa shape index (κ3) is 5.94. The highest BCUT2D eigenvalue weighted by Crippen LogP contribution is 2.18. The van der Waals surface area contributed by atoms with Gasteiger partial charge >= 0.3 is 6.18 Å². The summed E-state index contributed by atoms with van der Waals surface area (Å²) in [6, 6.07) is 2.43. The summed E-state index contributed by atoms with van der Waals surface area (Å²) < 4.78 is 62.3. The molecule has 2 N–H and O–H groups in total. The summed E-state index contributed by atoms with van der Waals surface area (Å²) in [5.41, 5.74) is 0.340. The van der Waals surface area contributed by atoms with E-state index in [0.717, 1.165) is 18.5 Å². The number of nitrogens with one attached hydrogen (secondary N) is 2. The van der Waals surface area contributed by atoms with Gasteiger partial charge in [-0.15, -0.1) is 0 Å². The van der Waals surface area contributed by atoms with E-state index in [-0.39, 0.29) is 24.6 Å². The molecule has 0 spiro atoms. The molecule has 2 aromatic heterocycles. The number of nitrogens with zero attached hydrogens (tertiary/aromatic N) is 3. The zero-order chi connectivity index (χ0) is 18.4. The van der Waals surface area contributed by atoms with E-state index in [1.807, 2.05) is 0 Å². The summed E-state index contributed by atoms with van der Waals surface area (Å²) in [5.74, 6) is -2.53. The molecule has 0 saturated heterocycles. The Balaban J connectivity index is 1.94. The van der Waals surface area contributed by atoms with E-state index in [2.05, 4.69) is 20.3 Å². The van der Waals surface area contributed by atoms with Gasteiger partial charge in [0.25, 0.3) is 0 Å². The van der Waals surface area contributed by atoms with Crippen LogP contribution in [0.15, 0.2) is 24.5 Å². The minimum Gasteiger partial charge on any atom is -0.367 e. The van der Waals surface area contributed by atoms with Gasteiger partial charge in [-0.1, -0.05) is 0 Å². The Kier molecular flexibility index (Phi) is 5.78. The van der Waals surface area contributed by atoms with Crippen LogP contribution in [-0.4, -0.2) is 40.1 Å². The molecule has 1 amide bonds. The minimum atomic E-state index is -4.50. The Morgan fingerprint density at radius 1 is 1.12 bits per heavy atom. The Labute approximate surface area is 138 Å². The third-order valence-electron chi connectivity index (χ3n) is 2.86. The van der Waals surface area contributed by atoms with E-state index in [4.69, 9.17) is 0 Å². The number of alkyl halides is 3. The van der Waals surface area contributed by atoms with Crippen LogP contribution in [0.25, 0.3) is 11.4 Å². The summed E-state index contributed by atoms with van der Waals surface area (Å²) in [6.07, 6.45) is -2.78. The lowest BCUT2D eigenvalue weighted by Crippen LogP contribution is -2.34. The zero-order valence-corrected chi connectivity index (χ0v) is 12.6. The lowest BCUT2D eigenvalue weighted by molar-refractivity contribution is -0.138. The van der Waals surface area contributed by atoms with Gasteiger partial charge in [-0.05, 0) is 12.1 Å². The standard InChI is InChI=1S/C14H12F5N5O/c15-9-6-22-12(8-1-2-10(16)21-5-8)24-13(9)20-4-3-11(25)23-7-14(17,18)19/h1-2,5-6H,3-4,7H2,(H,23,25)(H,20,22,24). The fourth-order valence-corrected chi connectivity index (χ4v) is 1.72. The summed E-state index contributed by atoms with van der Waals surface area (Å²) in [4.78, 5) is 22.3. The van der Waals surface area contributed by atoms with E-state index in [0.29, 0.717) is 5.56 Å². The van der Waals surface area contributed by atoms with E-state index >= 15 is 0 Å². The Hall–Kier alpha value is -2.85. The molecule has 0 aliphatic heterocycles. The quantitative estimate of drug-likeness (QED) is 0.610. The van der Waals surface area contributed by atoms with Crippen molar-refractivity contribution >= 4 is 11.7 Å². The van der Waals surface area contributed by atoms with Crippen molar-refractivity contribution < 1.29 is 26.7 Å². The molecule has 0 bridgehead atoms. The average molecular weight is 361 g/mol. The monoisotopic (exact) mass is 361 g/mol. The first-order chi connectivity index (χ1) is 11.7. The van der Waals surface area contributed by atoms with Gasteiger partial charge in [0.2, 0.25) is 11.9 Å². The van der Waals surface area contributed by atoms with Crippen LogP contribution in [0.5, 0.6) is 0 Å². The summed E-state index contributed by atoms with van der Waals surface area (Å²) >= 11 is 0. The van der Waals surface area contributed by atoms with Gasteiger partial charge in [-0.25, -0.2) is 19.3 Å². The van der Waals surface area contributed by atoms with Crippen LogP contribution in [0.2, 0.25) is 0 Å². The molecular formula is C14H12F5N5O. The van der Waals surface area contributed by atoms with Crippen molar-refractivity contribution in [3.8, 4) is 11.4 Å². The van der Waals surface area contributed by atoms with Crippen LogP contribution in [0.4, 0.5) is 27.8 Å². The summed E-state index contributed by atoms with van der Waals surface area (Å²) in [7, 11) is 0. The van der Waals surface area contributed by atoms with Gasteiger partial charge in [0.05, 0.1) is 6.20 Å². The average Bonchev–Trinajstić information content (AvgIpc) is 2.55. The predicted octanol–water partition coefficient (Wildman–Crippen LogP) is 2.30. The molecule has 6 nitrogen and oxygen atoms in total. The van der Waals surface area contributed by atoms with Crippen LogP contribution < -0.4 is 10.6 Å². The first kappa shape index (κ1) is 18.5. The van der Waals surface area contributed by atoms with Gasteiger partial charge in [0.1, 0.15) is 6.54 Å². The second kappa shape index (κ2) is 7.81. The van der Waals surface area contributed by atoms with Gasteiger partial charge in [0, 0.05) is 24.7 Å². The largest absolute Gasteiger partial charge is 0.405 e. The first-order valence-corrected chi connectivity index (χ1v) is 6.96. The molecule has 0 aliphatic carbocycles. The van der Waals surface area contributed by atoms with Crippen LogP contribution >= 0.6 is 0 Å². The van der Waals surface area contributed by atoms with Crippen LogP contribution in [0.3, 0.4) is 0 Å². The molecule has 2 rings (SSSR count). The fourth-order valence-electron chi connectivity index (χ4n) is 1.72. The van der Waals surface area contributed by atoms with Crippen molar-refractivity contribution in [1.82, 2.24) is 20.3 Å². The number of hydrogen-bond donors (Lipinski definition) is 2. The number of carbonyl (C=O) groups excluding carboxylic acids is 1. The molecule has 11 heteroatoms. The lowest BCUT2D eigenvalue weighted by Gasteiger charge is -2.10. The maximum absolute atomic E-state index is 13.7. The zero-order valence-electron chi connectivity index (χ0n) is 12.6. The summed E-state index contributed by atoms with van der Waals surface area (Å²) in [6.45, 7) is -1.58. The molecule has 2 aromatic rings. The van der Waals surface area contributed by atoms with Crippen molar-refractivity contribution in [3.05, 3.63) is 36.3 Å². The van der Waals surface area contributed by atoms with Crippen LogP contribution in [-0.2, 0) is 4.79 Å². The number of amides is 1. The topological polar surface area (TPSA) is 79.8 Å². The Bertz CT molecular complexity index is 735. The molecule has 0 atom stereocenters. The summed E-state index contributed by atoms with van der Waals surface area (Å²) in [5, 5.41) is 4.19. The van der Waals surface area contributed by atoms with E-state index in [9.17, 15) is 26.7 Å². The van der Waals surface area contributed by atoms with Crippen molar-refractivity contribution in [2.45, 2.75) is 12.6 Å². The van der Waals surface area contributed by atoms with Gasteiger partial charge < -0.3 is 10.6 Å². The number of pyridine rings is 1. The first-order valence-electron chi connectivity index (χ1n) is 6.96. The molecule has 2 heterocycles. The van der Waals surface area contributed by atoms with E-state index < -0.39 is 30.4 Å². The Morgan fingerprint density at radius 2 is 1.88 bits per heavy atom. The Morgan fingerprint density at radius 3 is 2.52 bits per heavy atom. The molecule has 0 radical (unpaired) electrons. The van der Waals surface area contributed by atoms with Crippen LogP contribution in [0, 0.1) is 11.8 Å². The molecule has 25 heavy (non-hydrogen) atoms. The third-order valence-corrected chi connectivity index (χ3v) is 2.86. The van der Waals surface area contributed by atoms with E-state index in [1.165, 1.54) is 6.07 Å². The van der Waals surface area contributed by atoms with Crippen LogP contribution in [0.1, 0.15) is 6.42 Å². The highest BCUT2D eigenvalue weighted by atomic mass is 19.4. The molecule has 0 unspecified atom stereocenters. The maximum atomic E-state index is 13.7. The second-order valence-corrected chi connectivity index (χ2v) is 4.83. The highest BCUT2D eigenvalue weighted by Gasteiger charge is 2.27. The number of aromatic nitrogens is 3. The number of halogens is 5. The molecule has 0 fully saturated rings. The second-order valence-electron chi connectivity index (χ2n) is 4.83. The molecule has 0 saturated carbocycles. The molecule has 0 aliphatic rings. The predicted molar refractivity (Wildman–Crippen MR) is 77.4 cm³/mol. The SMILES string of the molecule is O=C(CCNc1nc(-c2ccc(F)nc2)ncc1F)NCC(F)(F)F. The minimum absolute atomic E-state index is 0.0675. The fraction of sp³-hybridized carbons (Fsp3) is 0.286. The van der Waals surface area contributed by atoms with Crippen molar-refractivity contribution in [1.29, 1.82) is 0 Å². The van der Waals surface area contributed by atoms with E-state index in [1.54, 1.807) is 5.32 Å². The van der Waals surface area contributed by atoms with Crippen molar-refractivity contribution in [3.63, 3.8) is 0 Å². The number of carbonyl (C=O) groups is 1. The molecule has 134 valence electrons. The molecule has 0 aromatic carbocycles. The number of anilines is 1. The molecular weight excluding hydrogens is 349 g/mol. The van der Waals surface area contributed by atoms with Gasteiger partial charge in [-0.2, -0.15) is 17.6 Å². The maximum Gasteiger partial charge on any atom is 0.405 e. The van der Waals surface area contributed by atoms with Crippen molar-refractivity contribution in [2.75, 3.05) is 18.4 Å². The van der Waals surface area contributed by atoms with Crippen molar-refractivity contribution in [2.24, 2.45) is 0 Å². The lowest BCUT2D eigenvalue weighted by atomic mass is 10.2. The van der Waals surface area contributed by atoms with Gasteiger partial charge in [0.15, 0.2) is 17.5 Å². The number of hydrogen-bond acceptors (Lipinski definition) is 5.